The summed E-state index contributed by atoms with van der Waals surface area (Å²) < 4.78 is 0. The van der Waals surface area contributed by atoms with Crippen LogP contribution in [0.15, 0.2) is 24.3 Å². The fourth-order valence-corrected chi connectivity index (χ4v) is 2.61. The Hall–Kier alpha value is -1.72. The van der Waals surface area contributed by atoms with Gasteiger partial charge in [0.25, 0.3) is 0 Å². The van der Waals surface area contributed by atoms with E-state index >= 15 is 0 Å². The lowest BCUT2D eigenvalue weighted by atomic mass is 9.93. The largest absolute Gasteiger partial charge is 0.481 e. The Kier molecular flexibility index (Phi) is 5.47. The lowest BCUT2D eigenvalue weighted by molar-refractivity contribution is -0.137. The maximum atomic E-state index is 12.6. The van der Waals surface area contributed by atoms with Gasteiger partial charge in [-0.2, -0.15) is 0 Å². The van der Waals surface area contributed by atoms with Crippen LogP contribution in [-0.2, 0) is 4.79 Å². The van der Waals surface area contributed by atoms with Crippen molar-refractivity contribution in [3.8, 4) is 0 Å². The van der Waals surface area contributed by atoms with Crippen LogP contribution in [0.3, 0.4) is 0 Å². The SMILES string of the molecule is Cc1ccc(C(=O)C(CC(=O)O)CN2CCNCC2)cc1. The number of Topliss-reactive ketones (excluding diaryl/α,β-unsaturated/α-hetero) is 1. The fraction of sp³-hybridized carbons (Fsp3) is 0.500. The lowest BCUT2D eigenvalue weighted by Crippen LogP contribution is -2.46. The van der Waals surface area contributed by atoms with Gasteiger partial charge in [-0.05, 0) is 6.92 Å². The smallest absolute Gasteiger partial charge is 0.304 e. The van der Waals surface area contributed by atoms with Gasteiger partial charge in [-0.25, -0.2) is 0 Å². The number of nitrogens with one attached hydrogen (secondary N) is 1. The van der Waals surface area contributed by atoms with Crippen molar-refractivity contribution in [1.82, 2.24) is 10.2 Å². The summed E-state index contributed by atoms with van der Waals surface area (Å²) in [6.45, 7) is 5.97. The molecule has 5 nitrogen and oxygen atoms in total. The summed E-state index contributed by atoms with van der Waals surface area (Å²) >= 11 is 0. The summed E-state index contributed by atoms with van der Waals surface area (Å²) in [6.07, 6.45) is -0.114. The van der Waals surface area contributed by atoms with Crippen molar-refractivity contribution >= 4 is 11.8 Å². The second-order valence-corrected chi connectivity index (χ2v) is 5.58. The van der Waals surface area contributed by atoms with E-state index < -0.39 is 11.9 Å². The summed E-state index contributed by atoms with van der Waals surface area (Å²) in [7, 11) is 0. The predicted octanol–water partition coefficient (Wildman–Crippen LogP) is 1.17. The highest BCUT2D eigenvalue weighted by molar-refractivity contribution is 5.99. The van der Waals surface area contributed by atoms with Gasteiger partial charge in [0, 0.05) is 44.2 Å². The Bertz CT molecular complexity index is 493. The molecule has 2 N–H and O–H groups in total. The van der Waals surface area contributed by atoms with Crippen molar-refractivity contribution in [1.29, 1.82) is 0 Å². The molecule has 0 bridgehead atoms. The van der Waals surface area contributed by atoms with Crippen LogP contribution >= 0.6 is 0 Å². The number of piperazine rings is 1. The topological polar surface area (TPSA) is 69.6 Å². The summed E-state index contributed by atoms with van der Waals surface area (Å²) in [4.78, 5) is 25.8. The van der Waals surface area contributed by atoms with Gasteiger partial charge < -0.3 is 15.3 Å². The molecular weight excluding hydrogens is 268 g/mol. The summed E-state index contributed by atoms with van der Waals surface area (Å²) in [5.74, 6) is -1.48. The molecule has 0 amide bonds. The third kappa shape index (κ3) is 4.65. The van der Waals surface area contributed by atoms with Crippen LogP contribution in [0.25, 0.3) is 0 Å². The molecule has 1 unspecified atom stereocenters. The molecule has 114 valence electrons. The van der Waals surface area contributed by atoms with Gasteiger partial charge in [0.2, 0.25) is 0 Å². The number of hydrogen-bond acceptors (Lipinski definition) is 4. The van der Waals surface area contributed by atoms with Crippen LogP contribution in [0, 0.1) is 12.8 Å². The minimum atomic E-state index is -0.921. The van der Waals surface area contributed by atoms with Gasteiger partial charge >= 0.3 is 5.97 Å². The monoisotopic (exact) mass is 290 g/mol. The maximum absolute atomic E-state index is 12.6. The van der Waals surface area contributed by atoms with E-state index in [9.17, 15) is 9.59 Å². The molecule has 5 heteroatoms. The van der Waals surface area contributed by atoms with Crippen LogP contribution in [0.4, 0.5) is 0 Å². The van der Waals surface area contributed by atoms with Gasteiger partial charge in [0.1, 0.15) is 0 Å². The van der Waals surface area contributed by atoms with Crippen LogP contribution in [0.5, 0.6) is 0 Å². The van der Waals surface area contributed by atoms with E-state index in [2.05, 4.69) is 10.2 Å². The Labute approximate surface area is 125 Å². The van der Waals surface area contributed by atoms with E-state index in [1.54, 1.807) is 12.1 Å². The normalized spacial score (nSPS) is 17.4. The van der Waals surface area contributed by atoms with Gasteiger partial charge in [0.05, 0.1) is 6.42 Å². The Morgan fingerprint density at radius 1 is 1.24 bits per heavy atom. The molecule has 0 aromatic heterocycles. The predicted molar refractivity (Wildman–Crippen MR) is 80.6 cm³/mol. The number of benzene rings is 1. The number of carbonyl (C=O) groups excluding carboxylic acids is 1. The first kappa shape index (κ1) is 15.7. The molecule has 1 aliphatic heterocycles. The van der Waals surface area contributed by atoms with E-state index in [4.69, 9.17) is 5.11 Å². The van der Waals surface area contributed by atoms with E-state index in [0.717, 1.165) is 31.7 Å². The van der Waals surface area contributed by atoms with Gasteiger partial charge in [-0.3, -0.25) is 9.59 Å². The first-order valence-corrected chi connectivity index (χ1v) is 7.32. The van der Waals surface area contributed by atoms with Crippen LogP contribution < -0.4 is 5.32 Å². The zero-order chi connectivity index (χ0) is 15.2. The molecule has 1 aromatic rings. The zero-order valence-electron chi connectivity index (χ0n) is 12.3. The number of rotatable bonds is 6. The highest BCUT2D eigenvalue weighted by Crippen LogP contribution is 2.16. The van der Waals surface area contributed by atoms with Crippen molar-refractivity contribution in [3.05, 3.63) is 35.4 Å². The first-order chi connectivity index (χ1) is 10.1. The third-order valence-corrected chi connectivity index (χ3v) is 3.82. The number of carboxylic acids is 1. The number of carboxylic acid groups (broad SMARTS) is 1. The third-order valence-electron chi connectivity index (χ3n) is 3.82. The molecule has 2 rings (SSSR count). The number of nitrogens with zero attached hydrogens (tertiary/aromatic N) is 1. The average molecular weight is 290 g/mol. The van der Waals surface area contributed by atoms with Gasteiger partial charge in [-0.15, -0.1) is 0 Å². The number of aryl methyl sites for hydroxylation is 1. The van der Waals surface area contributed by atoms with Crippen LogP contribution in [0.2, 0.25) is 0 Å². The Morgan fingerprint density at radius 3 is 2.43 bits per heavy atom. The molecule has 0 saturated carbocycles. The second kappa shape index (κ2) is 7.33. The Balaban J connectivity index is 2.08. The van der Waals surface area contributed by atoms with Gasteiger partial charge in [-0.1, -0.05) is 29.8 Å². The second-order valence-electron chi connectivity index (χ2n) is 5.58. The molecule has 0 radical (unpaired) electrons. The quantitative estimate of drug-likeness (QED) is 0.770. The number of ketones is 1. The summed E-state index contributed by atoms with van der Waals surface area (Å²) in [5.41, 5.74) is 1.69. The standard InChI is InChI=1S/C16H22N2O3/c1-12-2-4-13(5-3-12)16(21)14(10-15(19)20)11-18-8-6-17-7-9-18/h2-5,14,17H,6-11H2,1H3,(H,19,20). The molecule has 0 spiro atoms. The van der Waals surface area contributed by atoms with Crippen molar-refractivity contribution in [2.75, 3.05) is 32.7 Å². The van der Waals surface area contributed by atoms with Crippen molar-refractivity contribution in [2.45, 2.75) is 13.3 Å². The first-order valence-electron chi connectivity index (χ1n) is 7.32. The van der Waals surface area contributed by atoms with E-state index in [0.29, 0.717) is 12.1 Å². The summed E-state index contributed by atoms with van der Waals surface area (Å²) in [6, 6.07) is 7.33. The fourth-order valence-electron chi connectivity index (χ4n) is 2.61. The van der Waals surface area contributed by atoms with Crippen molar-refractivity contribution in [3.63, 3.8) is 0 Å². The number of aliphatic carboxylic acids is 1. The van der Waals surface area contributed by atoms with Crippen molar-refractivity contribution in [2.24, 2.45) is 5.92 Å². The van der Waals surface area contributed by atoms with E-state index in [1.165, 1.54) is 0 Å². The molecule has 1 fully saturated rings. The van der Waals surface area contributed by atoms with E-state index in [-0.39, 0.29) is 12.2 Å². The highest BCUT2D eigenvalue weighted by atomic mass is 16.4. The average Bonchev–Trinajstić information content (AvgIpc) is 2.47. The van der Waals surface area contributed by atoms with Gasteiger partial charge in [0.15, 0.2) is 5.78 Å². The number of carbonyl (C=O) groups is 2. The molecule has 1 aromatic carbocycles. The molecule has 1 atom stereocenters. The van der Waals surface area contributed by atoms with Crippen LogP contribution in [-0.4, -0.2) is 54.5 Å². The minimum Gasteiger partial charge on any atom is -0.481 e. The highest BCUT2D eigenvalue weighted by Gasteiger charge is 2.26. The Morgan fingerprint density at radius 2 is 1.86 bits per heavy atom. The molecule has 0 aliphatic carbocycles. The lowest BCUT2D eigenvalue weighted by Gasteiger charge is -2.30. The zero-order valence-corrected chi connectivity index (χ0v) is 12.3. The van der Waals surface area contributed by atoms with Crippen molar-refractivity contribution < 1.29 is 14.7 Å². The minimum absolute atomic E-state index is 0.0732. The summed E-state index contributed by atoms with van der Waals surface area (Å²) in [5, 5.41) is 12.3. The maximum Gasteiger partial charge on any atom is 0.304 e. The van der Waals surface area contributed by atoms with Crippen LogP contribution in [0.1, 0.15) is 22.3 Å². The number of hydrogen-bond donors (Lipinski definition) is 2. The molecule has 1 saturated heterocycles. The van der Waals surface area contributed by atoms with E-state index in [1.807, 2.05) is 19.1 Å². The molecule has 1 heterocycles. The molecule has 21 heavy (non-hydrogen) atoms. The molecule has 1 aliphatic rings. The molecular formula is C16H22N2O3.